The monoisotopic (exact) mass is 408 g/mol. The van der Waals surface area contributed by atoms with Crippen molar-refractivity contribution in [2.45, 2.75) is 12.8 Å². The molecule has 4 rings (SSSR count). The van der Waals surface area contributed by atoms with Crippen LogP contribution in [0.1, 0.15) is 23.2 Å². The van der Waals surface area contributed by atoms with Gasteiger partial charge < -0.3 is 15.0 Å². The van der Waals surface area contributed by atoms with Gasteiger partial charge in [-0.25, -0.2) is 9.97 Å². The number of nitrogens with zero attached hydrogens (tertiary/aromatic N) is 3. The number of carbonyl (C=O) groups is 1. The van der Waals surface area contributed by atoms with Crippen LogP contribution >= 0.6 is 11.6 Å². The minimum Gasteiger partial charge on any atom is -0.495 e. The Bertz CT molecular complexity index is 1020. The summed E-state index contributed by atoms with van der Waals surface area (Å²) >= 11 is 6.12. The molecule has 0 radical (unpaired) electrons. The van der Waals surface area contributed by atoms with Crippen molar-refractivity contribution in [1.29, 1.82) is 0 Å². The van der Waals surface area contributed by atoms with Gasteiger partial charge in [-0.3, -0.25) is 4.79 Å². The first kappa shape index (κ1) is 19.2. The topological polar surface area (TPSA) is 67.3 Å². The molecule has 1 fully saturated rings. The van der Waals surface area contributed by atoms with Crippen molar-refractivity contribution in [3.8, 4) is 17.0 Å². The maximum absolute atomic E-state index is 12.5. The molecule has 0 aliphatic carbocycles. The number of rotatable bonds is 5. The number of benzene rings is 2. The summed E-state index contributed by atoms with van der Waals surface area (Å²) in [4.78, 5) is 23.6. The van der Waals surface area contributed by atoms with E-state index in [0.29, 0.717) is 22.0 Å². The molecule has 0 bridgehead atoms. The Morgan fingerprint density at radius 2 is 1.83 bits per heavy atom. The number of anilines is 2. The zero-order valence-corrected chi connectivity index (χ0v) is 16.8. The van der Waals surface area contributed by atoms with Crippen LogP contribution in [0.4, 0.5) is 11.5 Å². The first-order valence-electron chi connectivity index (χ1n) is 9.46. The molecule has 1 aliphatic heterocycles. The van der Waals surface area contributed by atoms with Crippen LogP contribution < -0.4 is 15.0 Å². The van der Waals surface area contributed by atoms with E-state index in [1.165, 1.54) is 12.8 Å². The minimum absolute atomic E-state index is 0.210. The fraction of sp³-hybridized carbons (Fsp3) is 0.227. The molecule has 0 atom stereocenters. The van der Waals surface area contributed by atoms with Crippen LogP contribution in [0.25, 0.3) is 11.3 Å². The molecule has 1 aromatic heterocycles. The number of amides is 1. The van der Waals surface area contributed by atoms with Crippen LogP contribution in [0.15, 0.2) is 54.9 Å². The maximum atomic E-state index is 12.5. The molecule has 29 heavy (non-hydrogen) atoms. The van der Waals surface area contributed by atoms with Crippen LogP contribution in [-0.2, 0) is 0 Å². The summed E-state index contributed by atoms with van der Waals surface area (Å²) < 4.78 is 5.13. The molecule has 0 spiro atoms. The van der Waals surface area contributed by atoms with Gasteiger partial charge >= 0.3 is 0 Å². The van der Waals surface area contributed by atoms with E-state index in [0.717, 1.165) is 30.2 Å². The molecule has 3 aromatic rings. The van der Waals surface area contributed by atoms with Gasteiger partial charge in [0.05, 0.1) is 17.8 Å². The number of carbonyl (C=O) groups excluding carboxylic acids is 1. The minimum atomic E-state index is -0.210. The third-order valence-electron chi connectivity index (χ3n) is 4.94. The maximum Gasteiger partial charge on any atom is 0.255 e. The van der Waals surface area contributed by atoms with Crippen molar-refractivity contribution < 1.29 is 9.53 Å². The summed E-state index contributed by atoms with van der Waals surface area (Å²) in [5, 5.41) is 3.29. The fourth-order valence-electron chi connectivity index (χ4n) is 3.36. The second-order valence-electron chi connectivity index (χ2n) is 6.84. The molecule has 148 valence electrons. The normalized spacial score (nSPS) is 13.4. The zero-order valence-electron chi connectivity index (χ0n) is 16.1. The summed E-state index contributed by atoms with van der Waals surface area (Å²) in [5.74, 6) is 1.30. The van der Waals surface area contributed by atoms with Crippen LogP contribution in [0.3, 0.4) is 0 Å². The van der Waals surface area contributed by atoms with Crippen molar-refractivity contribution in [2.24, 2.45) is 0 Å². The lowest BCUT2D eigenvalue weighted by atomic mass is 10.1. The Kier molecular flexibility index (Phi) is 5.62. The van der Waals surface area contributed by atoms with E-state index in [9.17, 15) is 4.79 Å². The van der Waals surface area contributed by atoms with E-state index in [1.807, 2.05) is 18.2 Å². The van der Waals surface area contributed by atoms with Crippen LogP contribution in [0.5, 0.6) is 5.75 Å². The largest absolute Gasteiger partial charge is 0.495 e. The predicted molar refractivity (Wildman–Crippen MR) is 115 cm³/mol. The quantitative estimate of drug-likeness (QED) is 0.665. The molecule has 1 saturated heterocycles. The second-order valence-corrected chi connectivity index (χ2v) is 7.24. The van der Waals surface area contributed by atoms with Gasteiger partial charge in [-0.05, 0) is 43.2 Å². The highest BCUT2D eigenvalue weighted by molar-refractivity contribution is 6.32. The van der Waals surface area contributed by atoms with Gasteiger partial charge in [0.1, 0.15) is 17.9 Å². The summed E-state index contributed by atoms with van der Waals surface area (Å²) in [6.45, 7) is 2.07. The Labute approximate surface area is 174 Å². The number of hydrogen-bond donors (Lipinski definition) is 1. The molecule has 7 heteroatoms. The SMILES string of the molecule is COc1ccc(NC(=O)c2ccc(-c3cc(N4CCCC4)ncn3)cc2)cc1Cl. The van der Waals surface area contributed by atoms with Gasteiger partial charge in [-0.2, -0.15) is 0 Å². The zero-order chi connectivity index (χ0) is 20.2. The highest BCUT2D eigenvalue weighted by Gasteiger charge is 2.15. The smallest absolute Gasteiger partial charge is 0.255 e. The lowest BCUT2D eigenvalue weighted by Gasteiger charge is -2.16. The molecule has 2 aromatic carbocycles. The highest BCUT2D eigenvalue weighted by Crippen LogP contribution is 2.28. The number of nitrogens with one attached hydrogen (secondary N) is 1. The summed E-state index contributed by atoms with van der Waals surface area (Å²) in [5.41, 5.74) is 2.94. The van der Waals surface area contributed by atoms with Crippen molar-refractivity contribution in [2.75, 3.05) is 30.4 Å². The lowest BCUT2D eigenvalue weighted by molar-refractivity contribution is 0.102. The Balaban J connectivity index is 1.48. The third kappa shape index (κ3) is 4.32. The van der Waals surface area contributed by atoms with Crippen molar-refractivity contribution in [3.05, 3.63) is 65.4 Å². The van der Waals surface area contributed by atoms with Crippen LogP contribution in [-0.4, -0.2) is 36.1 Å². The lowest BCUT2D eigenvalue weighted by Crippen LogP contribution is -2.19. The number of halogens is 1. The first-order chi connectivity index (χ1) is 14.1. The van der Waals surface area contributed by atoms with Gasteiger partial charge in [0.15, 0.2) is 0 Å². The number of ether oxygens (including phenoxy) is 1. The van der Waals surface area contributed by atoms with Crippen LogP contribution in [0.2, 0.25) is 5.02 Å². The van der Waals surface area contributed by atoms with Gasteiger partial charge in [-0.1, -0.05) is 23.7 Å². The average molecular weight is 409 g/mol. The standard InChI is InChI=1S/C22H21ClN4O2/c1-29-20-9-8-17(12-18(20)23)26-22(28)16-6-4-15(5-7-16)19-13-21(25-14-24-19)27-10-2-3-11-27/h4-9,12-14H,2-3,10-11H2,1H3,(H,26,28). The Morgan fingerprint density at radius 1 is 1.07 bits per heavy atom. The predicted octanol–water partition coefficient (Wildman–Crippen LogP) is 4.66. The van der Waals surface area contributed by atoms with Crippen molar-refractivity contribution >= 4 is 29.0 Å². The van der Waals surface area contributed by atoms with Gasteiger partial charge in [0.25, 0.3) is 5.91 Å². The highest BCUT2D eigenvalue weighted by atomic mass is 35.5. The molecule has 6 nitrogen and oxygen atoms in total. The molecule has 2 heterocycles. The molecule has 0 saturated carbocycles. The van der Waals surface area contributed by atoms with E-state index in [4.69, 9.17) is 16.3 Å². The Morgan fingerprint density at radius 3 is 2.52 bits per heavy atom. The summed E-state index contributed by atoms with van der Waals surface area (Å²) in [6, 6.07) is 14.5. The van der Waals surface area contributed by atoms with Gasteiger partial charge in [0, 0.05) is 36.0 Å². The van der Waals surface area contributed by atoms with E-state index in [2.05, 4.69) is 20.2 Å². The van der Waals surface area contributed by atoms with Crippen LogP contribution in [0, 0.1) is 0 Å². The van der Waals surface area contributed by atoms with E-state index >= 15 is 0 Å². The average Bonchev–Trinajstić information content (AvgIpc) is 3.29. The van der Waals surface area contributed by atoms with Crippen molar-refractivity contribution in [1.82, 2.24) is 9.97 Å². The summed E-state index contributed by atoms with van der Waals surface area (Å²) in [6.07, 6.45) is 3.99. The number of methoxy groups -OCH3 is 1. The number of hydrogen-bond acceptors (Lipinski definition) is 5. The van der Waals surface area contributed by atoms with E-state index in [-0.39, 0.29) is 5.91 Å². The fourth-order valence-corrected chi connectivity index (χ4v) is 3.62. The van der Waals surface area contributed by atoms with E-state index < -0.39 is 0 Å². The Hall–Kier alpha value is -3.12. The van der Waals surface area contributed by atoms with Gasteiger partial charge in [-0.15, -0.1) is 0 Å². The molecule has 1 aliphatic rings. The molecule has 1 amide bonds. The van der Waals surface area contributed by atoms with Crippen molar-refractivity contribution in [3.63, 3.8) is 0 Å². The molecule has 1 N–H and O–H groups in total. The van der Waals surface area contributed by atoms with E-state index in [1.54, 1.807) is 43.8 Å². The third-order valence-corrected chi connectivity index (χ3v) is 5.23. The molecular formula is C22H21ClN4O2. The van der Waals surface area contributed by atoms with Gasteiger partial charge in [0.2, 0.25) is 0 Å². The first-order valence-corrected chi connectivity index (χ1v) is 9.84. The summed E-state index contributed by atoms with van der Waals surface area (Å²) in [7, 11) is 1.55. The number of aromatic nitrogens is 2. The second kappa shape index (κ2) is 8.49. The molecular weight excluding hydrogens is 388 g/mol. The molecule has 0 unspecified atom stereocenters.